The second-order valence-electron chi connectivity index (χ2n) is 11.4. The zero-order chi connectivity index (χ0) is 20.3. The van der Waals surface area contributed by atoms with Crippen molar-refractivity contribution in [2.75, 3.05) is 6.61 Å². The van der Waals surface area contributed by atoms with E-state index in [0.29, 0.717) is 35.5 Å². The van der Waals surface area contributed by atoms with Gasteiger partial charge in [-0.2, -0.15) is 0 Å². The average Bonchev–Trinajstić information content (AvgIpc) is 3.01. The summed E-state index contributed by atoms with van der Waals surface area (Å²) in [4.78, 5) is 0. The summed E-state index contributed by atoms with van der Waals surface area (Å²) in [5, 5.41) is 42.2. The van der Waals surface area contributed by atoms with E-state index in [4.69, 9.17) is 0 Å². The molecule has 4 rings (SSSR count). The van der Waals surface area contributed by atoms with Crippen LogP contribution >= 0.6 is 0 Å². The fourth-order valence-corrected chi connectivity index (χ4v) is 8.75. The number of aliphatic hydroxyl groups excluding tert-OH is 4. The fourth-order valence-electron chi connectivity index (χ4n) is 8.75. The summed E-state index contributed by atoms with van der Waals surface area (Å²) in [6, 6.07) is 0. The Hall–Kier alpha value is -0.160. The molecule has 0 amide bonds. The molecule has 4 heteroatoms. The largest absolute Gasteiger partial charge is 0.396 e. The highest BCUT2D eigenvalue weighted by atomic mass is 16.3. The van der Waals surface area contributed by atoms with Gasteiger partial charge < -0.3 is 20.4 Å². The van der Waals surface area contributed by atoms with Crippen LogP contribution in [-0.4, -0.2) is 45.3 Å². The predicted molar refractivity (Wildman–Crippen MR) is 109 cm³/mol. The van der Waals surface area contributed by atoms with Crippen LogP contribution < -0.4 is 0 Å². The normalized spacial score (nSPS) is 54.5. The van der Waals surface area contributed by atoms with Gasteiger partial charge in [-0.15, -0.1) is 0 Å². The minimum Gasteiger partial charge on any atom is -0.396 e. The number of rotatable bonds is 4. The van der Waals surface area contributed by atoms with E-state index in [2.05, 4.69) is 20.8 Å². The Morgan fingerprint density at radius 2 is 1.71 bits per heavy atom. The van der Waals surface area contributed by atoms with Crippen LogP contribution in [0.2, 0.25) is 0 Å². The second-order valence-corrected chi connectivity index (χ2v) is 11.4. The molecule has 162 valence electrons. The van der Waals surface area contributed by atoms with Gasteiger partial charge in [0.1, 0.15) is 0 Å². The molecule has 0 aromatic rings. The molecular weight excluding hydrogens is 352 g/mol. The van der Waals surface area contributed by atoms with Crippen molar-refractivity contribution in [1.29, 1.82) is 0 Å². The summed E-state index contributed by atoms with van der Waals surface area (Å²) >= 11 is 0. The SMILES string of the molecule is CC(CCCO)C1CCC2C3C(C[C@@H](O)C12C)C1(C)CC[C@H](O)CC1C[C@@H]3O. The Bertz CT molecular complexity index is 567. The lowest BCUT2D eigenvalue weighted by Gasteiger charge is -2.63. The molecule has 0 aromatic heterocycles. The Balaban J connectivity index is 1.62. The molecule has 0 bridgehead atoms. The molecule has 4 saturated carbocycles. The molecule has 0 radical (unpaired) electrons. The Morgan fingerprint density at radius 3 is 2.43 bits per heavy atom. The van der Waals surface area contributed by atoms with Crippen molar-refractivity contribution in [3.63, 3.8) is 0 Å². The molecule has 4 fully saturated rings. The minimum atomic E-state index is -0.308. The first-order valence-electron chi connectivity index (χ1n) is 11.9. The highest BCUT2D eigenvalue weighted by molar-refractivity contribution is 5.14. The molecule has 0 aromatic carbocycles. The molecule has 0 saturated heterocycles. The van der Waals surface area contributed by atoms with Crippen LogP contribution in [0.1, 0.15) is 78.6 Å². The molecule has 28 heavy (non-hydrogen) atoms. The van der Waals surface area contributed by atoms with Crippen molar-refractivity contribution in [2.45, 2.75) is 96.9 Å². The van der Waals surface area contributed by atoms with Gasteiger partial charge in [0.25, 0.3) is 0 Å². The van der Waals surface area contributed by atoms with E-state index in [0.717, 1.165) is 57.8 Å². The topological polar surface area (TPSA) is 80.9 Å². The molecule has 11 atom stereocenters. The van der Waals surface area contributed by atoms with E-state index in [9.17, 15) is 20.4 Å². The standard InChI is InChI=1S/C24H42O4/c1-14(5-4-10-25)17-6-7-18-22-19(13-21(28)24(17,18)3)23(2)9-8-16(26)11-15(23)12-20(22)27/h14-22,25-28H,4-13H2,1-3H3/t14?,15?,16-,17?,18?,19?,20-,21+,22?,23?,24?/m0/s1. The van der Waals surface area contributed by atoms with E-state index < -0.39 is 0 Å². The van der Waals surface area contributed by atoms with Crippen molar-refractivity contribution < 1.29 is 20.4 Å². The van der Waals surface area contributed by atoms with Gasteiger partial charge in [0.15, 0.2) is 0 Å². The molecular formula is C24H42O4. The Morgan fingerprint density at radius 1 is 0.964 bits per heavy atom. The third kappa shape index (κ3) is 3.01. The quantitative estimate of drug-likeness (QED) is 0.589. The first kappa shape index (κ1) is 21.1. The zero-order valence-electron chi connectivity index (χ0n) is 18.1. The van der Waals surface area contributed by atoms with Crippen molar-refractivity contribution in [3.05, 3.63) is 0 Å². The van der Waals surface area contributed by atoms with Crippen LogP contribution in [0.4, 0.5) is 0 Å². The van der Waals surface area contributed by atoms with Gasteiger partial charge in [-0.25, -0.2) is 0 Å². The highest BCUT2D eigenvalue weighted by Gasteiger charge is 2.65. The van der Waals surface area contributed by atoms with Crippen LogP contribution in [0.25, 0.3) is 0 Å². The zero-order valence-corrected chi connectivity index (χ0v) is 18.1. The van der Waals surface area contributed by atoms with Gasteiger partial charge in [-0.1, -0.05) is 20.8 Å². The monoisotopic (exact) mass is 394 g/mol. The van der Waals surface area contributed by atoms with Crippen molar-refractivity contribution >= 4 is 0 Å². The van der Waals surface area contributed by atoms with E-state index >= 15 is 0 Å². The highest BCUT2D eigenvalue weighted by Crippen LogP contribution is 2.68. The van der Waals surface area contributed by atoms with Crippen LogP contribution in [0, 0.1) is 46.3 Å². The molecule has 4 N–H and O–H groups in total. The first-order chi connectivity index (χ1) is 13.2. The Kier molecular flexibility index (Phi) is 5.66. The van der Waals surface area contributed by atoms with Gasteiger partial charge in [0.05, 0.1) is 18.3 Å². The maximum atomic E-state index is 11.5. The number of aliphatic hydroxyl groups is 4. The fraction of sp³-hybridized carbons (Fsp3) is 1.00. The van der Waals surface area contributed by atoms with Gasteiger partial charge in [-0.3, -0.25) is 0 Å². The third-order valence-corrected chi connectivity index (χ3v) is 10.3. The molecule has 4 aliphatic rings. The van der Waals surface area contributed by atoms with Gasteiger partial charge in [0.2, 0.25) is 0 Å². The van der Waals surface area contributed by atoms with Crippen molar-refractivity contribution in [3.8, 4) is 0 Å². The Labute approximate surface area is 170 Å². The molecule has 4 nitrogen and oxygen atoms in total. The third-order valence-electron chi connectivity index (χ3n) is 10.3. The van der Waals surface area contributed by atoms with Gasteiger partial charge in [0, 0.05) is 6.61 Å². The van der Waals surface area contributed by atoms with Crippen LogP contribution in [0.3, 0.4) is 0 Å². The van der Waals surface area contributed by atoms with E-state index in [1.807, 2.05) is 0 Å². The summed E-state index contributed by atoms with van der Waals surface area (Å²) in [6.07, 6.45) is 7.62. The second kappa shape index (κ2) is 7.51. The van der Waals surface area contributed by atoms with Crippen molar-refractivity contribution in [2.24, 2.45) is 46.3 Å². The van der Waals surface area contributed by atoms with Crippen LogP contribution in [0.5, 0.6) is 0 Å². The van der Waals surface area contributed by atoms with Crippen molar-refractivity contribution in [1.82, 2.24) is 0 Å². The van der Waals surface area contributed by atoms with Gasteiger partial charge in [-0.05, 0) is 104 Å². The number of fused-ring (bicyclic) bond motifs is 5. The number of hydrogen-bond donors (Lipinski definition) is 4. The lowest BCUT2D eigenvalue weighted by Crippen LogP contribution is -2.62. The van der Waals surface area contributed by atoms with E-state index in [-0.39, 0.29) is 35.7 Å². The number of hydrogen-bond acceptors (Lipinski definition) is 4. The summed E-state index contributed by atoms with van der Waals surface area (Å²) in [5.74, 6) is 2.41. The molecule has 8 unspecified atom stereocenters. The lowest BCUT2D eigenvalue weighted by molar-refractivity contribution is -0.207. The summed E-state index contributed by atoms with van der Waals surface area (Å²) in [6.45, 7) is 7.23. The molecule has 0 aliphatic heterocycles. The predicted octanol–water partition coefficient (Wildman–Crippen LogP) is 3.36. The lowest BCUT2D eigenvalue weighted by atomic mass is 9.43. The smallest absolute Gasteiger partial charge is 0.0602 e. The molecule has 0 heterocycles. The maximum absolute atomic E-state index is 11.5. The van der Waals surface area contributed by atoms with Crippen LogP contribution in [0.15, 0.2) is 0 Å². The minimum absolute atomic E-state index is 0.117. The molecule has 4 aliphatic carbocycles. The first-order valence-corrected chi connectivity index (χ1v) is 11.9. The van der Waals surface area contributed by atoms with Gasteiger partial charge >= 0.3 is 0 Å². The molecule has 0 spiro atoms. The average molecular weight is 395 g/mol. The summed E-state index contributed by atoms with van der Waals surface area (Å²) < 4.78 is 0. The maximum Gasteiger partial charge on any atom is 0.0602 e. The summed E-state index contributed by atoms with van der Waals surface area (Å²) in [7, 11) is 0. The van der Waals surface area contributed by atoms with E-state index in [1.165, 1.54) is 0 Å². The van der Waals surface area contributed by atoms with Crippen LogP contribution in [-0.2, 0) is 0 Å². The van der Waals surface area contributed by atoms with E-state index in [1.54, 1.807) is 0 Å². The summed E-state index contributed by atoms with van der Waals surface area (Å²) in [5.41, 5.74) is 0.0282.